The number of hydrogen-bond acceptors (Lipinski definition) is 1. The van der Waals surface area contributed by atoms with E-state index in [2.05, 4.69) is 6.07 Å². The first-order chi connectivity index (χ1) is 7.88. The molecule has 0 unspecified atom stereocenters. The zero-order valence-corrected chi connectivity index (χ0v) is 10.4. The van der Waals surface area contributed by atoms with Gasteiger partial charge in [0.1, 0.15) is 5.75 Å². The van der Waals surface area contributed by atoms with Crippen LogP contribution in [0.5, 0.6) is 5.75 Å². The number of ether oxygens (including phenoxy) is 1. The summed E-state index contributed by atoms with van der Waals surface area (Å²) >= 11 is 5.81. The molecule has 1 fully saturated rings. The monoisotopic (exact) mass is 238 g/mol. The lowest BCUT2D eigenvalue weighted by molar-refractivity contribution is 0.183. The molecular weight excluding hydrogens is 220 g/mol. The van der Waals surface area contributed by atoms with E-state index in [0.29, 0.717) is 12.0 Å². The number of hydrogen-bond donors (Lipinski definition) is 0. The highest BCUT2D eigenvalue weighted by atomic mass is 35.5. The van der Waals surface area contributed by atoms with Gasteiger partial charge in [-0.2, -0.15) is 0 Å². The number of halogens is 1. The molecular formula is C14H19ClO. The molecule has 0 heterocycles. The van der Waals surface area contributed by atoms with Gasteiger partial charge >= 0.3 is 0 Å². The predicted molar refractivity (Wildman–Crippen MR) is 68.1 cm³/mol. The molecule has 88 valence electrons. The fraction of sp³-hybridized carbons (Fsp3) is 0.571. The third-order valence-corrected chi connectivity index (χ3v) is 3.47. The van der Waals surface area contributed by atoms with Crippen LogP contribution in [0.2, 0.25) is 0 Å². The van der Waals surface area contributed by atoms with E-state index in [0.717, 1.165) is 11.3 Å². The van der Waals surface area contributed by atoms with E-state index in [4.69, 9.17) is 16.3 Å². The third-order valence-electron chi connectivity index (χ3n) is 3.16. The van der Waals surface area contributed by atoms with Gasteiger partial charge in [-0.3, -0.25) is 0 Å². The average Bonchev–Trinajstić information content (AvgIpc) is 2.58. The molecule has 2 rings (SSSR count). The molecule has 1 nitrogen and oxygen atoms in total. The fourth-order valence-electron chi connectivity index (χ4n) is 2.25. The van der Waals surface area contributed by atoms with E-state index in [9.17, 15) is 0 Å². The van der Waals surface area contributed by atoms with Gasteiger partial charge in [0.2, 0.25) is 0 Å². The van der Waals surface area contributed by atoms with Gasteiger partial charge < -0.3 is 4.74 Å². The summed E-state index contributed by atoms with van der Waals surface area (Å²) in [6.45, 7) is 0. The maximum atomic E-state index is 6.02. The Morgan fingerprint density at radius 2 is 1.88 bits per heavy atom. The van der Waals surface area contributed by atoms with Gasteiger partial charge in [0.15, 0.2) is 0 Å². The Hall–Kier alpha value is -0.690. The quantitative estimate of drug-likeness (QED) is 0.556. The largest absolute Gasteiger partial charge is 0.490 e. The Morgan fingerprint density at radius 1 is 1.12 bits per heavy atom. The summed E-state index contributed by atoms with van der Waals surface area (Å²) in [5.41, 5.74) is 1.13. The first kappa shape index (κ1) is 11.8. The minimum absolute atomic E-state index is 0.410. The molecule has 1 aromatic carbocycles. The standard InChI is InChI=1S/C14H19ClO/c15-11-12-6-5-9-14(10-12)16-13-7-3-1-2-4-8-13/h5-6,9-10,13H,1-4,7-8,11H2. The SMILES string of the molecule is ClCc1cccc(OC2CCCCCC2)c1. The molecule has 0 saturated heterocycles. The molecule has 0 amide bonds. The smallest absolute Gasteiger partial charge is 0.120 e. The average molecular weight is 239 g/mol. The molecule has 0 atom stereocenters. The van der Waals surface area contributed by atoms with Crippen molar-refractivity contribution in [2.45, 2.75) is 50.5 Å². The van der Waals surface area contributed by atoms with Crippen molar-refractivity contribution in [1.82, 2.24) is 0 Å². The zero-order valence-electron chi connectivity index (χ0n) is 9.62. The third kappa shape index (κ3) is 3.41. The first-order valence-corrected chi connectivity index (χ1v) is 6.73. The molecule has 0 radical (unpaired) electrons. The highest BCUT2D eigenvalue weighted by Crippen LogP contribution is 2.23. The maximum absolute atomic E-state index is 6.02. The Bertz CT molecular complexity index is 316. The minimum Gasteiger partial charge on any atom is -0.490 e. The van der Waals surface area contributed by atoms with Crippen LogP contribution in [-0.4, -0.2) is 6.10 Å². The van der Waals surface area contributed by atoms with E-state index in [1.165, 1.54) is 38.5 Å². The topological polar surface area (TPSA) is 9.23 Å². The van der Waals surface area contributed by atoms with Gasteiger partial charge in [0, 0.05) is 5.88 Å². The van der Waals surface area contributed by atoms with E-state index in [1.807, 2.05) is 18.2 Å². The van der Waals surface area contributed by atoms with Crippen molar-refractivity contribution >= 4 is 11.6 Å². The Kier molecular flexibility index (Phi) is 4.53. The van der Waals surface area contributed by atoms with Gasteiger partial charge in [0.25, 0.3) is 0 Å². The van der Waals surface area contributed by atoms with Crippen LogP contribution in [-0.2, 0) is 5.88 Å². The van der Waals surface area contributed by atoms with Crippen LogP contribution in [0.15, 0.2) is 24.3 Å². The van der Waals surface area contributed by atoms with Crippen molar-refractivity contribution in [3.63, 3.8) is 0 Å². The van der Waals surface area contributed by atoms with E-state index in [1.54, 1.807) is 0 Å². The molecule has 0 bridgehead atoms. The summed E-state index contributed by atoms with van der Waals surface area (Å²) in [5.74, 6) is 1.53. The summed E-state index contributed by atoms with van der Waals surface area (Å²) in [6.07, 6.45) is 8.15. The normalized spacial score (nSPS) is 18.1. The van der Waals surface area contributed by atoms with Crippen LogP contribution in [0, 0.1) is 0 Å². The maximum Gasteiger partial charge on any atom is 0.120 e. The Morgan fingerprint density at radius 3 is 2.56 bits per heavy atom. The molecule has 1 aliphatic carbocycles. The molecule has 0 spiro atoms. The Labute approximate surface area is 103 Å². The van der Waals surface area contributed by atoms with Crippen LogP contribution >= 0.6 is 11.6 Å². The summed E-state index contributed by atoms with van der Waals surface area (Å²) in [4.78, 5) is 0. The van der Waals surface area contributed by atoms with E-state index in [-0.39, 0.29) is 0 Å². The number of benzene rings is 1. The highest BCUT2D eigenvalue weighted by Gasteiger charge is 2.13. The number of alkyl halides is 1. The lowest BCUT2D eigenvalue weighted by Crippen LogP contribution is -2.15. The second-order valence-electron chi connectivity index (χ2n) is 4.51. The molecule has 1 aromatic rings. The lowest BCUT2D eigenvalue weighted by Gasteiger charge is -2.17. The summed E-state index contributed by atoms with van der Waals surface area (Å²) in [5, 5.41) is 0. The van der Waals surface area contributed by atoms with Crippen molar-refractivity contribution in [2.24, 2.45) is 0 Å². The van der Waals surface area contributed by atoms with Crippen molar-refractivity contribution < 1.29 is 4.74 Å². The lowest BCUT2D eigenvalue weighted by atomic mass is 10.1. The van der Waals surface area contributed by atoms with E-state index < -0.39 is 0 Å². The highest BCUT2D eigenvalue weighted by molar-refractivity contribution is 6.17. The van der Waals surface area contributed by atoms with Crippen LogP contribution in [0.1, 0.15) is 44.1 Å². The minimum atomic E-state index is 0.410. The van der Waals surface area contributed by atoms with E-state index >= 15 is 0 Å². The van der Waals surface area contributed by atoms with Crippen LogP contribution < -0.4 is 4.74 Å². The van der Waals surface area contributed by atoms with Crippen LogP contribution in [0.3, 0.4) is 0 Å². The van der Waals surface area contributed by atoms with Crippen molar-refractivity contribution in [3.05, 3.63) is 29.8 Å². The van der Waals surface area contributed by atoms with Crippen molar-refractivity contribution in [2.75, 3.05) is 0 Å². The van der Waals surface area contributed by atoms with Crippen molar-refractivity contribution in [3.8, 4) is 5.75 Å². The molecule has 2 heteroatoms. The van der Waals surface area contributed by atoms with Gasteiger partial charge in [-0.15, -0.1) is 11.6 Å². The molecule has 0 N–H and O–H groups in total. The summed E-state index contributed by atoms with van der Waals surface area (Å²) < 4.78 is 6.02. The molecule has 1 aliphatic rings. The summed E-state index contributed by atoms with van der Waals surface area (Å²) in [6, 6.07) is 8.13. The zero-order chi connectivity index (χ0) is 11.2. The van der Waals surface area contributed by atoms with Gasteiger partial charge in [0.05, 0.1) is 6.10 Å². The molecule has 0 aromatic heterocycles. The van der Waals surface area contributed by atoms with Gasteiger partial charge in [-0.25, -0.2) is 0 Å². The molecule has 1 saturated carbocycles. The second-order valence-corrected chi connectivity index (χ2v) is 4.78. The number of rotatable bonds is 3. The fourth-order valence-corrected chi connectivity index (χ4v) is 2.42. The molecule has 16 heavy (non-hydrogen) atoms. The summed E-state index contributed by atoms with van der Waals surface area (Å²) in [7, 11) is 0. The predicted octanol–water partition coefficient (Wildman–Crippen LogP) is 4.53. The van der Waals surface area contributed by atoms with Gasteiger partial charge in [-0.05, 0) is 43.4 Å². The van der Waals surface area contributed by atoms with Crippen LogP contribution in [0.25, 0.3) is 0 Å². The second kappa shape index (κ2) is 6.15. The van der Waals surface area contributed by atoms with Crippen molar-refractivity contribution in [1.29, 1.82) is 0 Å². The van der Waals surface area contributed by atoms with Gasteiger partial charge in [-0.1, -0.05) is 25.0 Å². The molecule has 0 aliphatic heterocycles. The Balaban J connectivity index is 1.96. The first-order valence-electron chi connectivity index (χ1n) is 6.20. The van der Waals surface area contributed by atoms with Crippen LogP contribution in [0.4, 0.5) is 0 Å².